The maximum atomic E-state index is 11.4. The van der Waals surface area contributed by atoms with Gasteiger partial charge in [-0.3, -0.25) is 4.79 Å². The summed E-state index contributed by atoms with van der Waals surface area (Å²) in [4.78, 5) is 11.4. The average Bonchev–Trinajstić information content (AvgIpc) is 2.19. The van der Waals surface area contributed by atoms with Gasteiger partial charge in [0.15, 0.2) is 0 Å². The lowest BCUT2D eigenvalue weighted by Crippen LogP contribution is -2.22. The highest BCUT2D eigenvalue weighted by Gasteiger charge is 1.97. The Kier molecular flexibility index (Phi) is 4.19. The lowest BCUT2D eigenvalue weighted by molar-refractivity contribution is 0.141. The third-order valence-electron chi connectivity index (χ3n) is 1.94. The molecule has 1 rings (SSSR count). The summed E-state index contributed by atoms with van der Waals surface area (Å²) >= 11 is 0. The van der Waals surface area contributed by atoms with Crippen LogP contribution in [0.1, 0.15) is 13.3 Å². The van der Waals surface area contributed by atoms with E-state index in [4.69, 9.17) is 10.5 Å². The number of nitrogens with zero attached hydrogens (tertiary/aromatic N) is 1. The number of nitrogen functional groups attached to an aromatic ring is 1. The highest BCUT2D eigenvalue weighted by molar-refractivity contribution is 5.33. The van der Waals surface area contributed by atoms with Gasteiger partial charge in [0.2, 0.25) is 0 Å². The lowest BCUT2D eigenvalue weighted by atomic mass is 10.4. The monoisotopic (exact) mass is 196 g/mol. The van der Waals surface area contributed by atoms with Crippen molar-refractivity contribution in [1.29, 1.82) is 0 Å². The van der Waals surface area contributed by atoms with Crippen molar-refractivity contribution >= 4 is 5.69 Å². The van der Waals surface area contributed by atoms with Gasteiger partial charge < -0.3 is 15.0 Å². The Morgan fingerprint density at radius 2 is 2.36 bits per heavy atom. The number of hydrogen-bond donors (Lipinski definition) is 1. The Bertz CT molecular complexity index is 333. The van der Waals surface area contributed by atoms with Gasteiger partial charge in [-0.1, -0.05) is 0 Å². The van der Waals surface area contributed by atoms with Crippen LogP contribution in [-0.4, -0.2) is 17.8 Å². The zero-order valence-corrected chi connectivity index (χ0v) is 8.40. The van der Waals surface area contributed by atoms with E-state index in [2.05, 4.69) is 0 Å². The Labute approximate surface area is 83.3 Å². The number of aryl methyl sites for hydroxylation is 1. The van der Waals surface area contributed by atoms with Crippen molar-refractivity contribution in [2.75, 3.05) is 18.9 Å². The first-order valence-electron chi connectivity index (χ1n) is 4.78. The van der Waals surface area contributed by atoms with E-state index in [1.54, 1.807) is 22.9 Å². The minimum Gasteiger partial charge on any atom is -0.394 e. The second-order valence-corrected chi connectivity index (χ2v) is 3.01. The number of hydrogen-bond acceptors (Lipinski definition) is 3. The highest BCUT2D eigenvalue weighted by atomic mass is 16.5. The maximum absolute atomic E-state index is 11.4. The average molecular weight is 196 g/mol. The van der Waals surface area contributed by atoms with Gasteiger partial charge in [0.1, 0.15) is 0 Å². The van der Waals surface area contributed by atoms with Gasteiger partial charge >= 0.3 is 0 Å². The van der Waals surface area contributed by atoms with Crippen LogP contribution >= 0.6 is 0 Å². The predicted molar refractivity (Wildman–Crippen MR) is 56.2 cm³/mol. The molecule has 0 radical (unpaired) electrons. The van der Waals surface area contributed by atoms with Crippen LogP contribution in [0, 0.1) is 0 Å². The van der Waals surface area contributed by atoms with Gasteiger partial charge in [-0.05, 0) is 25.5 Å². The first kappa shape index (κ1) is 10.8. The lowest BCUT2D eigenvalue weighted by Gasteiger charge is -2.05. The molecule has 0 spiro atoms. The van der Waals surface area contributed by atoms with Gasteiger partial charge in [-0.15, -0.1) is 0 Å². The quantitative estimate of drug-likeness (QED) is 0.710. The summed E-state index contributed by atoms with van der Waals surface area (Å²) in [7, 11) is 0. The largest absolute Gasteiger partial charge is 0.394 e. The molecule has 14 heavy (non-hydrogen) atoms. The van der Waals surface area contributed by atoms with E-state index in [-0.39, 0.29) is 5.56 Å². The van der Waals surface area contributed by atoms with Crippen molar-refractivity contribution < 1.29 is 4.74 Å². The Balaban J connectivity index is 2.51. The van der Waals surface area contributed by atoms with Crippen LogP contribution in [0.2, 0.25) is 0 Å². The van der Waals surface area contributed by atoms with Gasteiger partial charge in [-0.2, -0.15) is 0 Å². The van der Waals surface area contributed by atoms with Crippen molar-refractivity contribution in [3.63, 3.8) is 0 Å². The smallest absolute Gasteiger partial charge is 0.273 e. The minimum atomic E-state index is -0.121. The highest BCUT2D eigenvalue weighted by Crippen LogP contribution is 1.94. The zero-order valence-electron chi connectivity index (χ0n) is 8.40. The van der Waals surface area contributed by atoms with Crippen molar-refractivity contribution in [1.82, 2.24) is 4.57 Å². The van der Waals surface area contributed by atoms with Crippen molar-refractivity contribution in [3.05, 3.63) is 28.7 Å². The van der Waals surface area contributed by atoms with Crippen molar-refractivity contribution in [2.45, 2.75) is 19.9 Å². The topological polar surface area (TPSA) is 57.2 Å². The number of aromatic nitrogens is 1. The van der Waals surface area contributed by atoms with Crippen LogP contribution < -0.4 is 11.3 Å². The number of rotatable bonds is 5. The third kappa shape index (κ3) is 2.88. The molecule has 0 bridgehead atoms. The van der Waals surface area contributed by atoms with Gasteiger partial charge in [0, 0.05) is 26.0 Å². The number of anilines is 1. The molecule has 78 valence electrons. The van der Waals surface area contributed by atoms with E-state index in [9.17, 15) is 4.79 Å². The summed E-state index contributed by atoms with van der Waals surface area (Å²) in [6.07, 6.45) is 2.57. The fraction of sp³-hybridized carbons (Fsp3) is 0.500. The second kappa shape index (κ2) is 5.44. The van der Waals surface area contributed by atoms with E-state index in [0.717, 1.165) is 6.42 Å². The first-order valence-corrected chi connectivity index (χ1v) is 4.78. The molecule has 2 N–H and O–H groups in total. The van der Waals surface area contributed by atoms with E-state index < -0.39 is 0 Å². The molecular formula is C10H16N2O2. The van der Waals surface area contributed by atoms with Crippen LogP contribution in [0.25, 0.3) is 0 Å². The number of ether oxygens (including phenoxy) is 1. The summed E-state index contributed by atoms with van der Waals surface area (Å²) in [6, 6.07) is 3.39. The first-order chi connectivity index (χ1) is 6.75. The van der Waals surface area contributed by atoms with E-state index in [1.807, 2.05) is 6.92 Å². The van der Waals surface area contributed by atoms with Crippen molar-refractivity contribution in [3.8, 4) is 0 Å². The maximum Gasteiger partial charge on any atom is 0.273 e. The molecule has 0 fully saturated rings. The van der Waals surface area contributed by atoms with Gasteiger partial charge in [-0.25, -0.2) is 0 Å². The van der Waals surface area contributed by atoms with E-state index in [0.29, 0.717) is 25.4 Å². The molecule has 4 nitrogen and oxygen atoms in total. The Morgan fingerprint density at radius 3 is 3.07 bits per heavy atom. The van der Waals surface area contributed by atoms with Crippen LogP contribution in [0.15, 0.2) is 23.1 Å². The fourth-order valence-electron chi connectivity index (χ4n) is 1.21. The number of pyridine rings is 1. The van der Waals surface area contributed by atoms with Crippen LogP contribution in [0.4, 0.5) is 5.69 Å². The molecule has 4 heteroatoms. The van der Waals surface area contributed by atoms with Crippen molar-refractivity contribution in [2.24, 2.45) is 0 Å². The molecule has 0 unspecified atom stereocenters. The minimum absolute atomic E-state index is 0.121. The summed E-state index contributed by atoms with van der Waals surface area (Å²) in [5, 5.41) is 0. The summed E-state index contributed by atoms with van der Waals surface area (Å²) in [5.41, 5.74) is 5.66. The molecule has 0 saturated carbocycles. The molecule has 0 atom stereocenters. The molecule has 1 heterocycles. The predicted octanol–water partition coefficient (Wildman–Crippen LogP) is 0.857. The van der Waals surface area contributed by atoms with E-state index >= 15 is 0 Å². The van der Waals surface area contributed by atoms with Crippen LogP contribution in [0.3, 0.4) is 0 Å². The SMILES string of the molecule is CCOCCCn1cccc(N)c1=O. The molecule has 0 aliphatic carbocycles. The Hall–Kier alpha value is -1.29. The normalized spacial score (nSPS) is 10.4. The standard InChI is InChI=1S/C10H16N2O2/c1-2-14-8-4-7-12-6-3-5-9(11)10(12)13/h3,5-6H,2,4,7-8,11H2,1H3. The van der Waals surface area contributed by atoms with Gasteiger partial charge in [0.05, 0.1) is 5.69 Å². The molecule has 0 aliphatic rings. The Morgan fingerprint density at radius 1 is 1.57 bits per heavy atom. The summed E-state index contributed by atoms with van der Waals surface area (Å²) < 4.78 is 6.78. The van der Waals surface area contributed by atoms with E-state index in [1.165, 1.54) is 0 Å². The summed E-state index contributed by atoms with van der Waals surface area (Å²) in [6.45, 7) is 4.00. The molecule has 0 amide bonds. The second-order valence-electron chi connectivity index (χ2n) is 3.01. The van der Waals surface area contributed by atoms with Crippen LogP contribution in [0.5, 0.6) is 0 Å². The fourth-order valence-corrected chi connectivity index (χ4v) is 1.21. The zero-order chi connectivity index (χ0) is 10.4. The molecule has 0 aliphatic heterocycles. The molecule has 1 aromatic rings. The number of nitrogens with two attached hydrogens (primary N) is 1. The molecule has 0 aromatic carbocycles. The molecule has 1 aromatic heterocycles. The molecule has 0 saturated heterocycles. The van der Waals surface area contributed by atoms with Gasteiger partial charge in [0.25, 0.3) is 5.56 Å². The van der Waals surface area contributed by atoms with Crippen LogP contribution in [-0.2, 0) is 11.3 Å². The third-order valence-corrected chi connectivity index (χ3v) is 1.94. The summed E-state index contributed by atoms with van der Waals surface area (Å²) in [5.74, 6) is 0. The molecular weight excluding hydrogens is 180 g/mol.